The smallest absolute Gasteiger partial charge is 0.0992 e. The minimum atomic E-state index is 0.374. The molecule has 0 amide bonds. The standard InChI is InChI=1S/C15H19ClN2/c1-14(2)13(15(14,3)4)9-18-12-6-5-10(8-17)7-11(12)16/h5-7,13,18H,9H2,1-4H3. The molecule has 1 aromatic carbocycles. The maximum absolute atomic E-state index is 8.79. The van der Waals surface area contributed by atoms with E-state index in [0.29, 0.717) is 27.3 Å². The van der Waals surface area contributed by atoms with E-state index in [1.54, 1.807) is 12.1 Å². The number of nitrogens with zero attached hydrogens (tertiary/aromatic N) is 1. The third-order valence-electron chi connectivity index (χ3n) is 4.91. The Morgan fingerprint density at radius 2 is 1.89 bits per heavy atom. The largest absolute Gasteiger partial charge is 0.384 e. The molecule has 1 fully saturated rings. The molecular weight excluding hydrogens is 244 g/mol. The van der Waals surface area contributed by atoms with Crippen molar-refractivity contribution < 1.29 is 0 Å². The fourth-order valence-electron chi connectivity index (χ4n) is 2.78. The quantitative estimate of drug-likeness (QED) is 0.881. The first-order valence-electron chi connectivity index (χ1n) is 6.24. The van der Waals surface area contributed by atoms with Gasteiger partial charge in [0.2, 0.25) is 0 Å². The van der Waals surface area contributed by atoms with Crippen LogP contribution in [0.2, 0.25) is 5.02 Å². The van der Waals surface area contributed by atoms with Gasteiger partial charge >= 0.3 is 0 Å². The average Bonchev–Trinajstić information content (AvgIpc) is 2.68. The van der Waals surface area contributed by atoms with Gasteiger partial charge in [0.05, 0.1) is 22.3 Å². The summed E-state index contributed by atoms with van der Waals surface area (Å²) < 4.78 is 0. The van der Waals surface area contributed by atoms with Crippen molar-refractivity contribution in [2.24, 2.45) is 16.7 Å². The minimum Gasteiger partial charge on any atom is -0.384 e. The van der Waals surface area contributed by atoms with Crippen LogP contribution >= 0.6 is 11.6 Å². The van der Waals surface area contributed by atoms with Crippen molar-refractivity contribution in [1.82, 2.24) is 0 Å². The molecule has 0 radical (unpaired) electrons. The van der Waals surface area contributed by atoms with Crippen LogP contribution in [0.25, 0.3) is 0 Å². The Morgan fingerprint density at radius 3 is 2.33 bits per heavy atom. The highest BCUT2D eigenvalue weighted by molar-refractivity contribution is 6.33. The second-order valence-corrected chi connectivity index (χ2v) is 6.59. The topological polar surface area (TPSA) is 35.8 Å². The zero-order valence-electron chi connectivity index (χ0n) is 11.3. The summed E-state index contributed by atoms with van der Waals surface area (Å²) in [5.41, 5.74) is 2.25. The molecule has 0 saturated heterocycles. The normalized spacial score (nSPS) is 20.2. The zero-order chi connectivity index (χ0) is 13.6. The summed E-state index contributed by atoms with van der Waals surface area (Å²) in [5, 5.41) is 12.8. The van der Waals surface area contributed by atoms with E-state index >= 15 is 0 Å². The third-order valence-corrected chi connectivity index (χ3v) is 5.23. The van der Waals surface area contributed by atoms with E-state index < -0.39 is 0 Å². The average molecular weight is 263 g/mol. The minimum absolute atomic E-state index is 0.374. The van der Waals surface area contributed by atoms with Crippen molar-refractivity contribution in [3.63, 3.8) is 0 Å². The monoisotopic (exact) mass is 262 g/mol. The summed E-state index contributed by atoms with van der Waals surface area (Å²) >= 11 is 6.14. The lowest BCUT2D eigenvalue weighted by Gasteiger charge is -2.09. The van der Waals surface area contributed by atoms with E-state index in [1.807, 2.05) is 6.07 Å². The summed E-state index contributed by atoms with van der Waals surface area (Å²) in [7, 11) is 0. The maximum atomic E-state index is 8.79. The first-order chi connectivity index (χ1) is 8.30. The van der Waals surface area contributed by atoms with Gasteiger partial charge in [0.15, 0.2) is 0 Å². The van der Waals surface area contributed by atoms with Crippen LogP contribution in [0.15, 0.2) is 18.2 Å². The number of halogens is 1. The molecule has 0 atom stereocenters. The van der Waals surface area contributed by atoms with Crippen molar-refractivity contribution in [3.8, 4) is 6.07 Å². The molecule has 2 rings (SSSR count). The van der Waals surface area contributed by atoms with Gasteiger partial charge in [-0.15, -0.1) is 0 Å². The summed E-state index contributed by atoms with van der Waals surface area (Å²) in [4.78, 5) is 0. The Balaban J connectivity index is 2.03. The van der Waals surface area contributed by atoms with Crippen LogP contribution in [0.4, 0.5) is 5.69 Å². The van der Waals surface area contributed by atoms with Crippen LogP contribution in [0.5, 0.6) is 0 Å². The summed E-state index contributed by atoms with van der Waals surface area (Å²) in [6, 6.07) is 7.45. The Labute approximate surface area is 114 Å². The number of benzene rings is 1. The van der Waals surface area contributed by atoms with Gasteiger partial charge in [-0.25, -0.2) is 0 Å². The lowest BCUT2D eigenvalue weighted by atomic mass is 10.0. The molecule has 96 valence electrons. The summed E-state index contributed by atoms with van der Waals surface area (Å²) in [6.07, 6.45) is 0. The van der Waals surface area contributed by atoms with Crippen LogP contribution in [0.1, 0.15) is 33.3 Å². The molecule has 0 aromatic heterocycles. The summed E-state index contributed by atoms with van der Waals surface area (Å²) in [6.45, 7) is 10.1. The van der Waals surface area contributed by atoms with E-state index in [0.717, 1.165) is 12.2 Å². The molecule has 3 heteroatoms. The van der Waals surface area contributed by atoms with Gasteiger partial charge < -0.3 is 5.32 Å². The fourth-order valence-corrected chi connectivity index (χ4v) is 3.03. The van der Waals surface area contributed by atoms with Gasteiger partial charge in [-0.05, 0) is 34.9 Å². The lowest BCUT2D eigenvalue weighted by molar-refractivity contribution is 0.457. The molecule has 1 saturated carbocycles. The SMILES string of the molecule is CC1(C)C(CNc2ccc(C#N)cc2Cl)C1(C)C. The highest BCUT2D eigenvalue weighted by Gasteiger charge is 2.63. The molecule has 2 nitrogen and oxygen atoms in total. The molecule has 18 heavy (non-hydrogen) atoms. The first kappa shape index (κ1) is 13.2. The van der Waals surface area contributed by atoms with E-state index in [-0.39, 0.29) is 0 Å². The number of nitrogens with one attached hydrogen (secondary N) is 1. The zero-order valence-corrected chi connectivity index (χ0v) is 12.1. The van der Waals surface area contributed by atoms with E-state index in [9.17, 15) is 0 Å². The lowest BCUT2D eigenvalue weighted by Crippen LogP contribution is -2.08. The third kappa shape index (κ3) is 1.97. The Kier molecular flexibility index (Phi) is 3.07. The Morgan fingerprint density at radius 1 is 1.28 bits per heavy atom. The second-order valence-electron chi connectivity index (χ2n) is 6.18. The van der Waals surface area contributed by atoms with Gasteiger partial charge in [-0.3, -0.25) is 0 Å². The van der Waals surface area contributed by atoms with Crippen molar-refractivity contribution in [2.75, 3.05) is 11.9 Å². The predicted octanol–water partition coefficient (Wildman–Crippen LogP) is 4.31. The van der Waals surface area contributed by atoms with Crippen LogP contribution in [0, 0.1) is 28.1 Å². The van der Waals surface area contributed by atoms with Crippen molar-refractivity contribution in [2.45, 2.75) is 27.7 Å². The van der Waals surface area contributed by atoms with Crippen LogP contribution in [-0.4, -0.2) is 6.54 Å². The maximum Gasteiger partial charge on any atom is 0.0992 e. The van der Waals surface area contributed by atoms with E-state index in [4.69, 9.17) is 16.9 Å². The molecule has 1 N–H and O–H groups in total. The summed E-state index contributed by atoms with van der Waals surface area (Å²) in [5.74, 6) is 0.650. The van der Waals surface area contributed by atoms with Crippen molar-refractivity contribution in [3.05, 3.63) is 28.8 Å². The van der Waals surface area contributed by atoms with Crippen molar-refractivity contribution in [1.29, 1.82) is 5.26 Å². The molecule has 0 aliphatic heterocycles. The highest BCUT2D eigenvalue weighted by Crippen LogP contribution is 2.68. The molecule has 0 bridgehead atoms. The molecule has 1 aliphatic carbocycles. The van der Waals surface area contributed by atoms with Gasteiger partial charge in [-0.1, -0.05) is 39.3 Å². The van der Waals surface area contributed by atoms with Crippen molar-refractivity contribution >= 4 is 17.3 Å². The fraction of sp³-hybridized carbons (Fsp3) is 0.533. The highest BCUT2D eigenvalue weighted by atomic mass is 35.5. The number of hydrogen-bond donors (Lipinski definition) is 1. The van der Waals surface area contributed by atoms with E-state index in [1.165, 1.54) is 0 Å². The Bertz CT molecular complexity index is 498. The molecular formula is C15H19ClN2. The van der Waals surface area contributed by atoms with Crippen LogP contribution in [0.3, 0.4) is 0 Å². The molecule has 1 aliphatic rings. The Hall–Kier alpha value is -1.20. The predicted molar refractivity (Wildman–Crippen MR) is 75.7 cm³/mol. The molecule has 0 heterocycles. The number of nitriles is 1. The van der Waals surface area contributed by atoms with Gasteiger partial charge in [0.1, 0.15) is 0 Å². The van der Waals surface area contributed by atoms with Gasteiger partial charge in [0, 0.05) is 6.54 Å². The van der Waals surface area contributed by atoms with Crippen LogP contribution < -0.4 is 5.32 Å². The van der Waals surface area contributed by atoms with E-state index in [2.05, 4.69) is 39.1 Å². The number of anilines is 1. The second kappa shape index (κ2) is 4.17. The molecule has 0 unspecified atom stereocenters. The number of hydrogen-bond acceptors (Lipinski definition) is 2. The van der Waals surface area contributed by atoms with Gasteiger partial charge in [0.25, 0.3) is 0 Å². The number of rotatable bonds is 3. The molecule has 1 aromatic rings. The van der Waals surface area contributed by atoms with Gasteiger partial charge in [-0.2, -0.15) is 5.26 Å². The van der Waals surface area contributed by atoms with Crippen LogP contribution in [-0.2, 0) is 0 Å². The first-order valence-corrected chi connectivity index (χ1v) is 6.62. The molecule has 0 spiro atoms.